The summed E-state index contributed by atoms with van der Waals surface area (Å²) in [7, 11) is 0. The SMILES string of the molecule is CCc1nc(CN2CC[C@@H]3[C@H](C2)[C@@H](c2ccccc2)CN3C(C)=O)c(C)[nH]1. The largest absolute Gasteiger partial charge is 0.346 e. The molecule has 0 spiro atoms. The third kappa shape index (κ3) is 3.53. The van der Waals surface area contributed by atoms with Crippen LogP contribution in [0.15, 0.2) is 30.3 Å². The van der Waals surface area contributed by atoms with Gasteiger partial charge in [-0.3, -0.25) is 9.69 Å². The number of fused-ring (bicyclic) bond motifs is 1. The summed E-state index contributed by atoms with van der Waals surface area (Å²) in [4.78, 5) is 25.0. The predicted molar refractivity (Wildman–Crippen MR) is 106 cm³/mol. The smallest absolute Gasteiger partial charge is 0.219 e. The molecule has 0 saturated carbocycles. The molecule has 0 bridgehead atoms. The van der Waals surface area contributed by atoms with E-state index in [9.17, 15) is 4.79 Å². The Hall–Kier alpha value is -2.14. The van der Waals surface area contributed by atoms with Crippen molar-refractivity contribution >= 4 is 5.91 Å². The van der Waals surface area contributed by atoms with Gasteiger partial charge in [-0.15, -0.1) is 0 Å². The van der Waals surface area contributed by atoms with Crippen LogP contribution in [0.3, 0.4) is 0 Å². The van der Waals surface area contributed by atoms with Crippen molar-refractivity contribution in [3.05, 3.63) is 53.1 Å². The van der Waals surface area contributed by atoms with Crippen molar-refractivity contribution in [2.75, 3.05) is 19.6 Å². The number of H-pyrrole nitrogens is 1. The topological polar surface area (TPSA) is 52.2 Å². The molecule has 0 radical (unpaired) electrons. The van der Waals surface area contributed by atoms with E-state index in [0.29, 0.717) is 17.9 Å². The van der Waals surface area contributed by atoms with Gasteiger partial charge < -0.3 is 9.88 Å². The average Bonchev–Trinajstić information content (AvgIpc) is 3.23. The summed E-state index contributed by atoms with van der Waals surface area (Å²) in [5, 5.41) is 0. The van der Waals surface area contributed by atoms with Crippen LogP contribution in [-0.2, 0) is 17.8 Å². The van der Waals surface area contributed by atoms with Crippen LogP contribution < -0.4 is 0 Å². The molecule has 1 amide bonds. The van der Waals surface area contributed by atoms with Crippen LogP contribution in [0.1, 0.15) is 49.0 Å². The monoisotopic (exact) mass is 366 g/mol. The molecule has 4 rings (SSSR count). The van der Waals surface area contributed by atoms with E-state index in [1.165, 1.54) is 17.0 Å². The Morgan fingerprint density at radius 1 is 1.26 bits per heavy atom. The maximum Gasteiger partial charge on any atom is 0.219 e. The minimum Gasteiger partial charge on any atom is -0.346 e. The van der Waals surface area contributed by atoms with Crippen LogP contribution in [0, 0.1) is 12.8 Å². The molecule has 2 aliphatic rings. The fourth-order valence-corrected chi connectivity index (χ4v) is 4.96. The lowest BCUT2D eigenvalue weighted by atomic mass is 9.82. The minimum atomic E-state index is 0.215. The molecule has 1 aromatic carbocycles. The summed E-state index contributed by atoms with van der Waals surface area (Å²) in [6.45, 7) is 9.77. The lowest BCUT2D eigenvalue weighted by Gasteiger charge is -2.38. The maximum atomic E-state index is 12.2. The standard InChI is InChI=1S/C22H30N4O/c1-4-22-23-15(2)20(24-22)14-25-11-10-21-19(12-25)18(13-26(21)16(3)27)17-8-6-5-7-9-17/h5-9,18-19,21H,4,10-14H2,1-3H3,(H,23,24)/t18-,19-,21-/m1/s1. The molecule has 2 saturated heterocycles. The number of piperidine rings is 1. The number of hydrogen-bond acceptors (Lipinski definition) is 3. The fourth-order valence-electron chi connectivity index (χ4n) is 4.96. The normalized spacial score (nSPS) is 25.6. The van der Waals surface area contributed by atoms with Crippen molar-refractivity contribution in [2.24, 2.45) is 5.92 Å². The van der Waals surface area contributed by atoms with Gasteiger partial charge in [0.1, 0.15) is 5.82 Å². The average molecular weight is 367 g/mol. The molecule has 0 unspecified atom stereocenters. The molecule has 1 aromatic heterocycles. The van der Waals surface area contributed by atoms with Crippen LogP contribution in [0.5, 0.6) is 0 Å². The summed E-state index contributed by atoms with van der Waals surface area (Å²) < 4.78 is 0. The number of nitrogens with zero attached hydrogens (tertiary/aromatic N) is 3. The Balaban J connectivity index is 1.54. The Kier molecular flexibility index (Phi) is 5.04. The number of aryl methyl sites for hydroxylation is 2. The molecule has 2 fully saturated rings. The lowest BCUT2D eigenvalue weighted by Crippen LogP contribution is -2.47. The zero-order valence-corrected chi connectivity index (χ0v) is 16.6. The fraction of sp³-hybridized carbons (Fsp3) is 0.545. The van der Waals surface area contributed by atoms with Gasteiger partial charge in [-0.05, 0) is 18.9 Å². The number of carbonyl (C=O) groups excluding carboxylic acids is 1. The van der Waals surface area contributed by atoms with Gasteiger partial charge in [-0.25, -0.2) is 4.98 Å². The third-order valence-corrected chi connectivity index (χ3v) is 6.39. The van der Waals surface area contributed by atoms with Crippen molar-refractivity contribution in [1.29, 1.82) is 0 Å². The number of amides is 1. The van der Waals surface area contributed by atoms with Crippen LogP contribution in [0.2, 0.25) is 0 Å². The number of likely N-dealkylation sites (tertiary alicyclic amines) is 2. The predicted octanol–water partition coefficient (Wildman–Crippen LogP) is 3.12. The van der Waals surface area contributed by atoms with Gasteiger partial charge in [0, 0.05) is 63.1 Å². The van der Waals surface area contributed by atoms with E-state index in [1.54, 1.807) is 6.92 Å². The first-order chi connectivity index (χ1) is 13.1. The second-order valence-electron chi connectivity index (χ2n) is 8.05. The Labute approximate surface area is 161 Å². The van der Waals surface area contributed by atoms with Gasteiger partial charge in [0.2, 0.25) is 5.91 Å². The number of nitrogens with one attached hydrogen (secondary N) is 1. The van der Waals surface area contributed by atoms with Crippen molar-refractivity contribution in [3.8, 4) is 0 Å². The van der Waals surface area contributed by atoms with Gasteiger partial charge in [0.15, 0.2) is 0 Å². The van der Waals surface area contributed by atoms with Gasteiger partial charge in [0.05, 0.1) is 5.69 Å². The number of aromatic nitrogens is 2. The van der Waals surface area contributed by atoms with Gasteiger partial charge in [0.25, 0.3) is 0 Å². The Morgan fingerprint density at radius 2 is 2.04 bits per heavy atom. The second-order valence-corrected chi connectivity index (χ2v) is 8.05. The summed E-state index contributed by atoms with van der Waals surface area (Å²) in [6, 6.07) is 11.1. The number of benzene rings is 1. The molecule has 2 aliphatic heterocycles. The number of carbonyl (C=O) groups is 1. The highest BCUT2D eigenvalue weighted by Gasteiger charge is 2.46. The summed E-state index contributed by atoms with van der Waals surface area (Å²) >= 11 is 0. The third-order valence-electron chi connectivity index (χ3n) is 6.39. The molecule has 5 heteroatoms. The molecule has 27 heavy (non-hydrogen) atoms. The van der Waals surface area contributed by atoms with Crippen LogP contribution >= 0.6 is 0 Å². The number of hydrogen-bond donors (Lipinski definition) is 1. The quantitative estimate of drug-likeness (QED) is 0.905. The molecule has 3 heterocycles. The number of imidazole rings is 1. The highest BCUT2D eigenvalue weighted by Crippen LogP contribution is 2.41. The Bertz CT molecular complexity index is 800. The van der Waals surface area contributed by atoms with E-state index >= 15 is 0 Å². The van der Waals surface area contributed by atoms with Crippen molar-refractivity contribution in [3.63, 3.8) is 0 Å². The zero-order chi connectivity index (χ0) is 19.0. The van der Waals surface area contributed by atoms with Crippen LogP contribution in [0.25, 0.3) is 0 Å². The highest BCUT2D eigenvalue weighted by molar-refractivity contribution is 5.74. The van der Waals surface area contributed by atoms with Crippen LogP contribution in [-0.4, -0.2) is 51.4 Å². The molecular weight excluding hydrogens is 336 g/mol. The molecule has 3 atom stereocenters. The van der Waals surface area contributed by atoms with E-state index in [2.05, 4.69) is 59.0 Å². The molecule has 5 nitrogen and oxygen atoms in total. The van der Waals surface area contributed by atoms with E-state index in [1.807, 2.05) is 0 Å². The lowest BCUT2D eigenvalue weighted by molar-refractivity contribution is -0.130. The van der Waals surface area contributed by atoms with Gasteiger partial charge in [-0.2, -0.15) is 0 Å². The summed E-state index contributed by atoms with van der Waals surface area (Å²) in [5.41, 5.74) is 3.72. The van der Waals surface area contributed by atoms with Gasteiger partial charge in [-0.1, -0.05) is 37.3 Å². The first-order valence-electron chi connectivity index (χ1n) is 10.2. The van der Waals surface area contributed by atoms with E-state index in [-0.39, 0.29) is 5.91 Å². The van der Waals surface area contributed by atoms with E-state index in [4.69, 9.17) is 4.98 Å². The zero-order valence-electron chi connectivity index (χ0n) is 16.6. The molecule has 2 aromatic rings. The molecular formula is C22H30N4O. The van der Waals surface area contributed by atoms with Gasteiger partial charge >= 0.3 is 0 Å². The first-order valence-corrected chi connectivity index (χ1v) is 10.2. The minimum absolute atomic E-state index is 0.215. The van der Waals surface area contributed by atoms with Crippen LogP contribution in [0.4, 0.5) is 0 Å². The summed E-state index contributed by atoms with van der Waals surface area (Å²) in [5.74, 6) is 2.21. The maximum absolute atomic E-state index is 12.2. The first kappa shape index (κ1) is 18.2. The van der Waals surface area contributed by atoms with E-state index < -0.39 is 0 Å². The number of rotatable bonds is 4. The Morgan fingerprint density at radius 3 is 2.70 bits per heavy atom. The summed E-state index contributed by atoms with van der Waals surface area (Å²) in [6.07, 6.45) is 1.99. The van der Waals surface area contributed by atoms with E-state index in [0.717, 1.165) is 44.8 Å². The molecule has 144 valence electrons. The second kappa shape index (κ2) is 7.47. The molecule has 1 N–H and O–H groups in total. The van der Waals surface area contributed by atoms with Crippen molar-refractivity contribution in [1.82, 2.24) is 19.8 Å². The van der Waals surface area contributed by atoms with Crippen molar-refractivity contribution in [2.45, 2.75) is 52.1 Å². The highest BCUT2D eigenvalue weighted by atomic mass is 16.2. The number of aromatic amines is 1. The van der Waals surface area contributed by atoms with Crippen molar-refractivity contribution < 1.29 is 4.79 Å². The molecule has 0 aliphatic carbocycles.